The molecule has 1 heterocycles. The summed E-state index contributed by atoms with van der Waals surface area (Å²) in [6.45, 7) is 2.08. The molecule has 0 atom stereocenters. The van der Waals surface area contributed by atoms with Gasteiger partial charge in [-0.25, -0.2) is 0 Å². The predicted molar refractivity (Wildman–Crippen MR) is 64.0 cm³/mol. The van der Waals surface area contributed by atoms with Crippen LogP contribution in [0.25, 0.3) is 11.1 Å². The number of hydrogen-bond donors (Lipinski definition) is 0. The Bertz CT molecular complexity index is 451. The van der Waals surface area contributed by atoms with E-state index in [4.69, 9.17) is 11.6 Å². The first-order valence-electron chi connectivity index (χ1n) is 4.87. The van der Waals surface area contributed by atoms with Crippen LogP contribution in [0.3, 0.4) is 0 Å². The van der Waals surface area contributed by atoms with Crippen molar-refractivity contribution in [3.8, 4) is 11.1 Å². The van der Waals surface area contributed by atoms with E-state index in [0.717, 1.165) is 5.56 Å². The van der Waals surface area contributed by atoms with Crippen LogP contribution in [0.2, 0.25) is 0 Å². The Labute approximate surface area is 94.7 Å². The zero-order valence-corrected chi connectivity index (χ0v) is 9.33. The summed E-state index contributed by atoms with van der Waals surface area (Å²) in [6, 6.07) is 10.3. The molecule has 15 heavy (non-hydrogen) atoms. The van der Waals surface area contributed by atoms with Gasteiger partial charge in [0, 0.05) is 18.3 Å². The highest BCUT2D eigenvalue weighted by Crippen LogP contribution is 2.22. The van der Waals surface area contributed by atoms with Crippen molar-refractivity contribution in [3.05, 3.63) is 53.9 Å². The smallest absolute Gasteiger partial charge is 0.0476 e. The fourth-order valence-electron chi connectivity index (χ4n) is 1.56. The van der Waals surface area contributed by atoms with Gasteiger partial charge in [0.15, 0.2) is 0 Å². The lowest BCUT2D eigenvalue weighted by Gasteiger charge is -2.05. The lowest BCUT2D eigenvalue weighted by molar-refractivity contribution is 1.29. The van der Waals surface area contributed by atoms with Crippen molar-refractivity contribution < 1.29 is 0 Å². The van der Waals surface area contributed by atoms with Crippen molar-refractivity contribution >= 4 is 11.6 Å². The number of pyridine rings is 1. The summed E-state index contributed by atoms with van der Waals surface area (Å²) in [5.41, 5.74) is 4.74. The lowest BCUT2D eigenvalue weighted by atomic mass is 10.0. The van der Waals surface area contributed by atoms with Crippen molar-refractivity contribution in [2.75, 3.05) is 0 Å². The second kappa shape index (κ2) is 4.45. The number of alkyl halides is 1. The molecular formula is C13H12ClN. The molecule has 0 unspecified atom stereocenters. The average Bonchev–Trinajstić information content (AvgIpc) is 2.30. The van der Waals surface area contributed by atoms with Crippen LogP contribution >= 0.6 is 11.6 Å². The molecule has 0 radical (unpaired) electrons. The topological polar surface area (TPSA) is 12.9 Å². The van der Waals surface area contributed by atoms with Crippen LogP contribution < -0.4 is 0 Å². The van der Waals surface area contributed by atoms with E-state index in [1.807, 2.05) is 12.3 Å². The zero-order chi connectivity index (χ0) is 10.7. The number of hydrogen-bond acceptors (Lipinski definition) is 1. The largest absolute Gasteiger partial charge is 0.264 e. The van der Waals surface area contributed by atoms with E-state index in [2.05, 4.69) is 36.2 Å². The molecule has 1 nitrogen and oxygen atoms in total. The van der Waals surface area contributed by atoms with Gasteiger partial charge in [-0.2, -0.15) is 0 Å². The van der Waals surface area contributed by atoms with Crippen molar-refractivity contribution in [2.24, 2.45) is 0 Å². The van der Waals surface area contributed by atoms with Gasteiger partial charge in [0.2, 0.25) is 0 Å². The van der Waals surface area contributed by atoms with Gasteiger partial charge in [0.1, 0.15) is 0 Å². The Morgan fingerprint density at radius 1 is 1.20 bits per heavy atom. The Morgan fingerprint density at radius 2 is 2.07 bits per heavy atom. The van der Waals surface area contributed by atoms with Gasteiger partial charge in [-0.3, -0.25) is 4.98 Å². The van der Waals surface area contributed by atoms with Gasteiger partial charge < -0.3 is 0 Å². The molecule has 0 aliphatic carbocycles. The number of halogens is 1. The van der Waals surface area contributed by atoms with Crippen LogP contribution in [-0.4, -0.2) is 4.98 Å². The molecule has 0 aliphatic rings. The minimum absolute atomic E-state index is 0.569. The zero-order valence-electron chi connectivity index (χ0n) is 8.57. The first-order valence-corrected chi connectivity index (χ1v) is 5.40. The van der Waals surface area contributed by atoms with Crippen LogP contribution in [0.1, 0.15) is 11.1 Å². The van der Waals surface area contributed by atoms with E-state index >= 15 is 0 Å². The third-order valence-electron chi connectivity index (χ3n) is 2.48. The molecule has 1 aromatic carbocycles. The van der Waals surface area contributed by atoms with Crippen molar-refractivity contribution in [1.29, 1.82) is 0 Å². The number of rotatable bonds is 2. The summed E-state index contributed by atoms with van der Waals surface area (Å²) < 4.78 is 0. The minimum Gasteiger partial charge on any atom is -0.264 e. The molecule has 0 amide bonds. The Morgan fingerprint density at radius 3 is 2.67 bits per heavy atom. The Hall–Kier alpha value is -1.34. The lowest BCUT2D eigenvalue weighted by Crippen LogP contribution is -1.86. The molecular weight excluding hydrogens is 206 g/mol. The molecule has 1 aromatic heterocycles. The highest BCUT2D eigenvalue weighted by atomic mass is 35.5. The first kappa shape index (κ1) is 10.2. The SMILES string of the molecule is Cc1cc(-c2cccnc2)ccc1CCl. The average molecular weight is 218 g/mol. The molecule has 2 aromatic rings. The summed E-state index contributed by atoms with van der Waals surface area (Å²) in [6.07, 6.45) is 3.65. The molecule has 2 heteroatoms. The molecule has 0 bridgehead atoms. The highest BCUT2D eigenvalue weighted by Gasteiger charge is 2.00. The summed E-state index contributed by atoms with van der Waals surface area (Å²) in [7, 11) is 0. The molecule has 76 valence electrons. The monoisotopic (exact) mass is 217 g/mol. The van der Waals surface area contributed by atoms with Gasteiger partial charge in [0.05, 0.1) is 0 Å². The van der Waals surface area contributed by atoms with Gasteiger partial charge in [-0.1, -0.05) is 24.3 Å². The number of benzene rings is 1. The van der Waals surface area contributed by atoms with Crippen LogP contribution in [0.5, 0.6) is 0 Å². The highest BCUT2D eigenvalue weighted by molar-refractivity contribution is 6.17. The van der Waals surface area contributed by atoms with Crippen LogP contribution in [0.15, 0.2) is 42.7 Å². The minimum atomic E-state index is 0.569. The van der Waals surface area contributed by atoms with Gasteiger partial charge in [0.25, 0.3) is 0 Å². The number of aromatic nitrogens is 1. The second-order valence-electron chi connectivity index (χ2n) is 3.52. The van der Waals surface area contributed by atoms with Gasteiger partial charge in [-0.05, 0) is 35.2 Å². The standard InChI is InChI=1S/C13H12ClN/c1-10-7-11(4-5-12(10)8-14)13-3-2-6-15-9-13/h2-7,9H,8H2,1H3. The summed E-state index contributed by atoms with van der Waals surface area (Å²) in [5.74, 6) is 0.569. The van der Waals surface area contributed by atoms with Crippen molar-refractivity contribution in [1.82, 2.24) is 4.98 Å². The van der Waals surface area contributed by atoms with Gasteiger partial charge in [-0.15, -0.1) is 11.6 Å². The quantitative estimate of drug-likeness (QED) is 0.698. The van der Waals surface area contributed by atoms with E-state index in [1.165, 1.54) is 16.7 Å². The molecule has 0 aliphatic heterocycles. The van der Waals surface area contributed by atoms with E-state index in [9.17, 15) is 0 Å². The van der Waals surface area contributed by atoms with E-state index in [1.54, 1.807) is 6.20 Å². The number of aryl methyl sites for hydroxylation is 1. The summed E-state index contributed by atoms with van der Waals surface area (Å²) in [5, 5.41) is 0. The Balaban J connectivity index is 2.43. The Kier molecular flexibility index (Phi) is 3.02. The fourth-order valence-corrected chi connectivity index (χ4v) is 1.86. The maximum Gasteiger partial charge on any atom is 0.0476 e. The molecule has 0 spiro atoms. The van der Waals surface area contributed by atoms with Crippen molar-refractivity contribution in [3.63, 3.8) is 0 Å². The maximum absolute atomic E-state index is 5.82. The van der Waals surface area contributed by atoms with Crippen LogP contribution in [-0.2, 0) is 5.88 Å². The summed E-state index contributed by atoms with van der Waals surface area (Å²) in [4.78, 5) is 4.11. The molecule has 0 fully saturated rings. The molecule has 0 saturated carbocycles. The van der Waals surface area contributed by atoms with E-state index < -0.39 is 0 Å². The third-order valence-corrected chi connectivity index (χ3v) is 2.77. The third kappa shape index (κ3) is 2.18. The van der Waals surface area contributed by atoms with Gasteiger partial charge >= 0.3 is 0 Å². The van der Waals surface area contributed by atoms with Crippen molar-refractivity contribution in [2.45, 2.75) is 12.8 Å². The fraction of sp³-hybridized carbons (Fsp3) is 0.154. The van der Waals surface area contributed by atoms with E-state index in [0.29, 0.717) is 5.88 Å². The normalized spacial score (nSPS) is 10.3. The molecule has 0 N–H and O–H groups in total. The van der Waals surface area contributed by atoms with Crippen LogP contribution in [0, 0.1) is 6.92 Å². The maximum atomic E-state index is 5.82. The second-order valence-corrected chi connectivity index (χ2v) is 3.78. The number of nitrogens with zero attached hydrogens (tertiary/aromatic N) is 1. The van der Waals surface area contributed by atoms with Crippen LogP contribution in [0.4, 0.5) is 0 Å². The molecule has 0 saturated heterocycles. The predicted octanol–water partition coefficient (Wildman–Crippen LogP) is 3.80. The molecule has 2 rings (SSSR count). The van der Waals surface area contributed by atoms with E-state index in [-0.39, 0.29) is 0 Å². The summed E-state index contributed by atoms with van der Waals surface area (Å²) >= 11 is 5.82. The first-order chi connectivity index (χ1) is 7.31.